The fourth-order valence-corrected chi connectivity index (χ4v) is 5.58. The Hall–Kier alpha value is -3.40. The predicted octanol–water partition coefficient (Wildman–Crippen LogP) is 7.44. The van der Waals surface area contributed by atoms with Gasteiger partial charge >= 0.3 is 0 Å². The summed E-state index contributed by atoms with van der Waals surface area (Å²) < 4.78 is 12.5. The van der Waals surface area contributed by atoms with Crippen molar-refractivity contribution in [3.05, 3.63) is 102 Å². The minimum atomic E-state index is -0.318. The molecule has 2 aromatic rings. The van der Waals surface area contributed by atoms with Crippen LogP contribution in [0, 0.1) is 0 Å². The van der Waals surface area contributed by atoms with Gasteiger partial charge in [0.15, 0.2) is 0 Å². The van der Waals surface area contributed by atoms with Gasteiger partial charge < -0.3 is 20.9 Å². The van der Waals surface area contributed by atoms with E-state index in [1.165, 1.54) is 43.2 Å². The number of nitrogens with two attached hydrogens (primary N) is 2. The van der Waals surface area contributed by atoms with Crippen molar-refractivity contribution < 1.29 is 9.47 Å². The maximum atomic E-state index is 6.43. The van der Waals surface area contributed by atoms with Gasteiger partial charge in [0.25, 0.3) is 0 Å². The summed E-state index contributed by atoms with van der Waals surface area (Å²) in [5, 5.41) is 0. The topological polar surface area (TPSA) is 70.5 Å². The molecule has 1 unspecified atom stereocenters. The highest BCUT2D eigenvalue weighted by atomic mass is 16.5. The normalized spacial score (nSPS) is 23.6. The molecule has 1 atom stereocenters. The van der Waals surface area contributed by atoms with Gasteiger partial charge in [-0.25, -0.2) is 0 Å². The fourth-order valence-electron chi connectivity index (χ4n) is 5.58. The molecular weight excluding hydrogens is 432 g/mol. The Bertz CT molecular complexity index is 1170. The Morgan fingerprint density at radius 3 is 2.09 bits per heavy atom. The molecule has 5 rings (SSSR count). The number of ether oxygens (including phenoxy) is 2. The molecular formula is C31H36N2O2. The molecule has 0 aliphatic heterocycles. The summed E-state index contributed by atoms with van der Waals surface area (Å²) in [7, 11) is 0. The van der Waals surface area contributed by atoms with E-state index < -0.39 is 0 Å². The van der Waals surface area contributed by atoms with Crippen molar-refractivity contribution >= 4 is 5.69 Å². The molecule has 4 nitrogen and oxygen atoms in total. The maximum Gasteiger partial charge on any atom is 0.128 e. The summed E-state index contributed by atoms with van der Waals surface area (Å²) in [5.41, 5.74) is 15.9. The van der Waals surface area contributed by atoms with Gasteiger partial charge in [0.05, 0.1) is 5.76 Å². The minimum absolute atomic E-state index is 0.0527. The lowest BCUT2D eigenvalue weighted by atomic mass is 9.63. The Morgan fingerprint density at radius 1 is 0.800 bits per heavy atom. The molecule has 3 aliphatic rings. The number of nitrogen functional groups attached to an aromatic ring is 1. The lowest BCUT2D eigenvalue weighted by Gasteiger charge is -2.42. The van der Waals surface area contributed by atoms with Crippen molar-refractivity contribution in [1.82, 2.24) is 0 Å². The lowest BCUT2D eigenvalue weighted by molar-refractivity contribution is 0.0562. The number of hydrogen-bond acceptors (Lipinski definition) is 4. The van der Waals surface area contributed by atoms with Crippen LogP contribution < -0.4 is 16.2 Å². The van der Waals surface area contributed by atoms with E-state index in [0.29, 0.717) is 0 Å². The van der Waals surface area contributed by atoms with Crippen molar-refractivity contribution in [2.24, 2.45) is 5.73 Å². The molecule has 4 heteroatoms. The average Bonchev–Trinajstić information content (AvgIpc) is 2.88. The smallest absolute Gasteiger partial charge is 0.128 e. The first-order valence-electron chi connectivity index (χ1n) is 12.8. The van der Waals surface area contributed by atoms with Gasteiger partial charge in [-0.3, -0.25) is 0 Å². The molecule has 0 radical (unpaired) electrons. The number of hydrogen-bond donors (Lipinski definition) is 2. The summed E-state index contributed by atoms with van der Waals surface area (Å²) >= 11 is 0. The molecule has 4 N–H and O–H groups in total. The zero-order valence-electron chi connectivity index (χ0n) is 20.6. The number of anilines is 1. The standard InChI is InChI=1S/C31H36N2O2/c1-30(35-29-15-9-26(33)10-16-29)21-17-24(18-22-30)31(19-3-2-4-20-31)23-5-11-27(12-6-23)34-28-13-7-25(32)8-14-28/h5-9,11-15,17-18,21H,2-4,10,16,19-20,22,32-33H2,1H3. The number of benzene rings is 2. The fraction of sp³-hybridized carbons (Fsp3) is 0.355. The Labute approximate surface area is 209 Å². The molecule has 182 valence electrons. The molecule has 0 spiro atoms. The molecule has 0 bridgehead atoms. The molecule has 35 heavy (non-hydrogen) atoms. The van der Waals surface area contributed by atoms with Crippen LogP contribution in [-0.2, 0) is 10.2 Å². The first kappa shape index (κ1) is 23.3. The van der Waals surface area contributed by atoms with Crippen LogP contribution in [0.1, 0.15) is 63.9 Å². The van der Waals surface area contributed by atoms with Gasteiger partial charge in [-0.05, 0) is 91.9 Å². The average molecular weight is 469 g/mol. The summed E-state index contributed by atoms with van der Waals surface area (Å²) in [6.45, 7) is 2.18. The van der Waals surface area contributed by atoms with Gasteiger partial charge in [0.2, 0.25) is 0 Å². The van der Waals surface area contributed by atoms with E-state index in [-0.39, 0.29) is 11.0 Å². The molecule has 2 aromatic carbocycles. The van der Waals surface area contributed by atoms with Crippen LogP contribution in [0.3, 0.4) is 0 Å². The summed E-state index contributed by atoms with van der Waals surface area (Å²) in [6, 6.07) is 16.2. The maximum absolute atomic E-state index is 6.43. The third-order valence-corrected chi connectivity index (χ3v) is 7.63. The van der Waals surface area contributed by atoms with Gasteiger partial charge in [-0.15, -0.1) is 0 Å². The van der Waals surface area contributed by atoms with Crippen LogP contribution in [0.25, 0.3) is 0 Å². The number of rotatable bonds is 6. The second-order valence-corrected chi connectivity index (χ2v) is 10.3. The zero-order valence-corrected chi connectivity index (χ0v) is 20.6. The largest absolute Gasteiger partial charge is 0.488 e. The Balaban J connectivity index is 1.34. The van der Waals surface area contributed by atoms with E-state index >= 15 is 0 Å². The van der Waals surface area contributed by atoms with Gasteiger partial charge in [-0.1, -0.05) is 43.5 Å². The van der Waals surface area contributed by atoms with Crippen LogP contribution in [-0.4, -0.2) is 5.60 Å². The van der Waals surface area contributed by atoms with E-state index in [2.05, 4.69) is 49.4 Å². The summed E-state index contributed by atoms with van der Waals surface area (Å²) in [5.74, 6) is 2.66. The predicted molar refractivity (Wildman–Crippen MR) is 143 cm³/mol. The Kier molecular flexibility index (Phi) is 6.46. The van der Waals surface area contributed by atoms with Crippen molar-refractivity contribution in [2.75, 3.05) is 5.73 Å². The van der Waals surface area contributed by atoms with Crippen LogP contribution in [0.15, 0.2) is 95.9 Å². The van der Waals surface area contributed by atoms with Crippen LogP contribution >= 0.6 is 0 Å². The van der Waals surface area contributed by atoms with Gasteiger partial charge in [0, 0.05) is 29.6 Å². The summed E-state index contributed by atoms with van der Waals surface area (Å²) in [4.78, 5) is 0. The van der Waals surface area contributed by atoms with E-state index in [4.69, 9.17) is 20.9 Å². The number of allylic oxidation sites excluding steroid dienone is 6. The molecule has 1 saturated carbocycles. The summed E-state index contributed by atoms with van der Waals surface area (Å²) in [6.07, 6.45) is 19.8. The molecule has 1 fully saturated rings. The first-order valence-corrected chi connectivity index (χ1v) is 12.8. The molecule has 3 aliphatic carbocycles. The van der Waals surface area contributed by atoms with Crippen molar-refractivity contribution in [3.8, 4) is 11.5 Å². The minimum Gasteiger partial charge on any atom is -0.488 e. The zero-order chi connectivity index (χ0) is 24.3. The van der Waals surface area contributed by atoms with Crippen LogP contribution in [0.4, 0.5) is 5.69 Å². The van der Waals surface area contributed by atoms with Crippen molar-refractivity contribution in [3.63, 3.8) is 0 Å². The van der Waals surface area contributed by atoms with E-state index in [1.807, 2.05) is 36.4 Å². The molecule has 0 amide bonds. The third-order valence-electron chi connectivity index (χ3n) is 7.63. The SMILES string of the molecule is CC1(OC2=CC=C(N)CC2)C=CC(C2(c3ccc(Oc4ccc(N)cc4)cc3)CCCCC2)=CC1. The molecule has 0 saturated heterocycles. The van der Waals surface area contributed by atoms with Crippen molar-refractivity contribution in [2.45, 2.75) is 69.3 Å². The molecule has 0 aromatic heterocycles. The lowest BCUT2D eigenvalue weighted by Crippen LogP contribution is -2.34. The molecule has 0 heterocycles. The van der Waals surface area contributed by atoms with E-state index in [9.17, 15) is 0 Å². The highest BCUT2D eigenvalue weighted by Crippen LogP contribution is 2.48. The van der Waals surface area contributed by atoms with Crippen LogP contribution in [0.2, 0.25) is 0 Å². The van der Waals surface area contributed by atoms with Gasteiger partial charge in [0.1, 0.15) is 17.1 Å². The highest BCUT2D eigenvalue weighted by molar-refractivity contribution is 5.47. The highest BCUT2D eigenvalue weighted by Gasteiger charge is 2.39. The third kappa shape index (κ3) is 5.17. The van der Waals surface area contributed by atoms with Crippen molar-refractivity contribution in [1.29, 1.82) is 0 Å². The van der Waals surface area contributed by atoms with Gasteiger partial charge in [-0.2, -0.15) is 0 Å². The quantitative estimate of drug-likeness (QED) is 0.432. The van der Waals surface area contributed by atoms with Crippen LogP contribution in [0.5, 0.6) is 11.5 Å². The monoisotopic (exact) mass is 468 g/mol. The van der Waals surface area contributed by atoms with E-state index in [0.717, 1.165) is 47.9 Å². The first-order chi connectivity index (χ1) is 16.9. The Morgan fingerprint density at radius 2 is 1.49 bits per heavy atom. The second-order valence-electron chi connectivity index (χ2n) is 10.3. The van der Waals surface area contributed by atoms with E-state index in [1.54, 1.807) is 0 Å². The second kappa shape index (κ2) is 9.69.